The lowest BCUT2D eigenvalue weighted by Gasteiger charge is -2.23. The van der Waals surface area contributed by atoms with Crippen LogP contribution in [-0.2, 0) is 21.4 Å². The number of ether oxygens (including phenoxy) is 1. The van der Waals surface area contributed by atoms with E-state index in [9.17, 15) is 30.8 Å². The van der Waals surface area contributed by atoms with Crippen LogP contribution in [0.3, 0.4) is 0 Å². The minimum absolute atomic E-state index is 0.0117. The van der Waals surface area contributed by atoms with Crippen molar-refractivity contribution in [3.05, 3.63) is 54.0 Å². The van der Waals surface area contributed by atoms with Crippen LogP contribution >= 0.6 is 0 Å². The second-order valence-corrected chi connectivity index (χ2v) is 9.05. The van der Waals surface area contributed by atoms with Crippen molar-refractivity contribution < 1.29 is 35.5 Å². The number of amides is 1. The van der Waals surface area contributed by atoms with Crippen LogP contribution < -0.4 is 10.1 Å². The van der Waals surface area contributed by atoms with Gasteiger partial charge in [-0.25, -0.2) is 17.8 Å². The van der Waals surface area contributed by atoms with Crippen LogP contribution in [0.15, 0.2) is 47.5 Å². The summed E-state index contributed by atoms with van der Waals surface area (Å²) in [5, 5.41) is 2.64. The van der Waals surface area contributed by atoms with E-state index in [1.165, 1.54) is 12.3 Å². The number of carbonyl (C=O) groups excluding carboxylic acids is 1. The minimum atomic E-state index is -4.34. The maximum atomic E-state index is 13.1. The smallest absolute Gasteiger partial charge is 0.392 e. The van der Waals surface area contributed by atoms with Gasteiger partial charge >= 0.3 is 6.18 Å². The Morgan fingerprint density at radius 2 is 1.94 bits per heavy atom. The number of hydrogen-bond acceptors (Lipinski definition) is 5. The molecule has 1 atom stereocenters. The van der Waals surface area contributed by atoms with Gasteiger partial charge in [-0.1, -0.05) is 0 Å². The van der Waals surface area contributed by atoms with Crippen LogP contribution in [-0.4, -0.2) is 49.0 Å². The zero-order valence-corrected chi connectivity index (χ0v) is 17.6. The predicted octanol–water partition coefficient (Wildman–Crippen LogP) is 3.02. The van der Waals surface area contributed by atoms with Gasteiger partial charge in [-0.05, 0) is 48.7 Å². The molecule has 174 valence electrons. The summed E-state index contributed by atoms with van der Waals surface area (Å²) < 4.78 is 81.6. The molecule has 12 heteroatoms. The second-order valence-electron chi connectivity index (χ2n) is 7.16. The Balaban J connectivity index is 1.61. The highest BCUT2D eigenvalue weighted by Crippen LogP contribution is 2.26. The molecule has 0 radical (unpaired) electrons. The van der Waals surface area contributed by atoms with E-state index in [-0.39, 0.29) is 23.9 Å². The van der Waals surface area contributed by atoms with Crippen molar-refractivity contribution in [3.63, 3.8) is 0 Å². The average Bonchev–Trinajstić information content (AvgIpc) is 3.23. The van der Waals surface area contributed by atoms with Crippen LogP contribution in [0, 0.1) is 5.82 Å². The third-order valence-corrected chi connectivity index (χ3v) is 6.75. The Morgan fingerprint density at radius 3 is 2.62 bits per heavy atom. The highest BCUT2D eigenvalue weighted by atomic mass is 32.2. The first kappa shape index (κ1) is 23.9. The predicted molar refractivity (Wildman–Crippen MR) is 106 cm³/mol. The zero-order chi connectivity index (χ0) is 23.4. The number of sulfonamides is 1. The largest absolute Gasteiger partial charge is 0.477 e. The number of aromatic nitrogens is 1. The summed E-state index contributed by atoms with van der Waals surface area (Å²) in [7, 11) is -3.98. The van der Waals surface area contributed by atoms with Crippen LogP contribution in [0.5, 0.6) is 5.88 Å². The molecule has 2 aromatic rings. The highest BCUT2D eigenvalue weighted by molar-refractivity contribution is 7.89. The Labute approximate surface area is 182 Å². The summed E-state index contributed by atoms with van der Waals surface area (Å²) in [5.41, 5.74) is 0.529. The molecule has 1 aliphatic heterocycles. The van der Waals surface area contributed by atoms with E-state index in [1.807, 2.05) is 0 Å². The van der Waals surface area contributed by atoms with Gasteiger partial charge in [0.05, 0.1) is 17.9 Å². The molecule has 7 nitrogen and oxygen atoms in total. The molecular weight excluding hydrogens is 454 g/mol. The van der Waals surface area contributed by atoms with E-state index in [2.05, 4.69) is 10.3 Å². The molecule has 1 aliphatic rings. The fourth-order valence-corrected chi connectivity index (χ4v) is 4.91. The Bertz CT molecular complexity index is 1050. The number of pyridine rings is 1. The van der Waals surface area contributed by atoms with Crippen molar-refractivity contribution >= 4 is 15.9 Å². The van der Waals surface area contributed by atoms with Gasteiger partial charge in [-0.2, -0.15) is 17.5 Å². The number of nitrogens with one attached hydrogen (secondary N) is 1. The van der Waals surface area contributed by atoms with Gasteiger partial charge in [0.15, 0.2) is 0 Å². The molecule has 1 N–H and O–H groups in total. The summed E-state index contributed by atoms with van der Waals surface area (Å²) >= 11 is 0. The van der Waals surface area contributed by atoms with Crippen molar-refractivity contribution in [2.45, 2.75) is 42.9 Å². The lowest BCUT2D eigenvalue weighted by atomic mass is 10.2. The van der Waals surface area contributed by atoms with E-state index in [1.54, 1.807) is 6.07 Å². The number of nitrogens with zero attached hydrogens (tertiary/aromatic N) is 2. The van der Waals surface area contributed by atoms with Crippen LogP contribution in [0.25, 0.3) is 0 Å². The van der Waals surface area contributed by atoms with Crippen molar-refractivity contribution in [1.82, 2.24) is 14.6 Å². The molecule has 1 aromatic heterocycles. The number of benzene rings is 1. The van der Waals surface area contributed by atoms with Crippen LogP contribution in [0.1, 0.15) is 24.8 Å². The SMILES string of the molecule is O=C(NCc1ccnc(OCCC(F)(F)F)c1)C1CCCN1S(=O)(=O)c1ccc(F)cc1. The number of halogens is 4. The molecular formula is C20H21F4N3O4S. The maximum absolute atomic E-state index is 13.1. The summed E-state index contributed by atoms with van der Waals surface area (Å²) in [5.74, 6) is -1.09. The molecule has 1 saturated heterocycles. The van der Waals surface area contributed by atoms with E-state index < -0.39 is 47.0 Å². The van der Waals surface area contributed by atoms with Gasteiger partial charge in [0.1, 0.15) is 11.9 Å². The maximum Gasteiger partial charge on any atom is 0.392 e. The molecule has 32 heavy (non-hydrogen) atoms. The van der Waals surface area contributed by atoms with Crippen molar-refractivity contribution in [1.29, 1.82) is 0 Å². The topological polar surface area (TPSA) is 88.6 Å². The molecule has 0 saturated carbocycles. The normalized spacial score (nSPS) is 17.3. The first-order valence-electron chi connectivity index (χ1n) is 9.76. The molecule has 0 aliphatic carbocycles. The summed E-state index contributed by atoms with van der Waals surface area (Å²) in [6.07, 6.45) is -3.30. The molecule has 2 heterocycles. The standard InChI is InChI=1S/C20H21F4N3O4S/c21-15-3-5-16(6-4-15)32(29,30)27-10-1-2-17(27)19(28)26-13-14-7-9-25-18(12-14)31-11-8-20(22,23)24/h3-7,9,12,17H,1-2,8,10-11,13H2,(H,26,28). The van der Waals surface area contributed by atoms with E-state index in [0.29, 0.717) is 18.4 Å². The fourth-order valence-electron chi connectivity index (χ4n) is 3.25. The zero-order valence-electron chi connectivity index (χ0n) is 16.8. The monoisotopic (exact) mass is 475 g/mol. The van der Waals surface area contributed by atoms with Crippen molar-refractivity contribution in [2.75, 3.05) is 13.2 Å². The Morgan fingerprint density at radius 1 is 1.22 bits per heavy atom. The van der Waals surface area contributed by atoms with Crippen molar-refractivity contribution in [3.8, 4) is 5.88 Å². The molecule has 1 fully saturated rings. The summed E-state index contributed by atoms with van der Waals surface area (Å²) in [4.78, 5) is 16.4. The van der Waals surface area contributed by atoms with Gasteiger partial charge in [0.25, 0.3) is 0 Å². The summed E-state index contributed by atoms with van der Waals surface area (Å²) in [6, 6.07) is 6.40. The van der Waals surface area contributed by atoms with Gasteiger partial charge in [0, 0.05) is 25.4 Å². The molecule has 0 bridgehead atoms. The first-order chi connectivity index (χ1) is 15.1. The minimum Gasteiger partial charge on any atom is -0.477 e. The third-order valence-electron chi connectivity index (χ3n) is 4.83. The van der Waals surface area contributed by atoms with Gasteiger partial charge in [0.2, 0.25) is 21.8 Å². The molecule has 1 unspecified atom stereocenters. The van der Waals surface area contributed by atoms with Crippen LogP contribution in [0.4, 0.5) is 17.6 Å². The Kier molecular flexibility index (Phi) is 7.34. The quantitative estimate of drug-likeness (QED) is 0.593. The lowest BCUT2D eigenvalue weighted by molar-refractivity contribution is -0.139. The number of rotatable bonds is 8. The summed E-state index contributed by atoms with van der Waals surface area (Å²) in [6.45, 7) is -0.410. The molecule has 1 aromatic carbocycles. The third kappa shape index (κ3) is 6.16. The van der Waals surface area contributed by atoms with Gasteiger partial charge in [-0.3, -0.25) is 4.79 Å². The van der Waals surface area contributed by atoms with Crippen molar-refractivity contribution in [2.24, 2.45) is 0 Å². The van der Waals surface area contributed by atoms with E-state index >= 15 is 0 Å². The Hall–Kier alpha value is -2.73. The molecule has 3 rings (SSSR count). The second kappa shape index (κ2) is 9.82. The van der Waals surface area contributed by atoms with E-state index in [4.69, 9.17) is 4.74 Å². The van der Waals surface area contributed by atoms with Crippen LogP contribution in [0.2, 0.25) is 0 Å². The number of carbonyl (C=O) groups is 1. The highest BCUT2D eigenvalue weighted by Gasteiger charge is 2.39. The van der Waals surface area contributed by atoms with Gasteiger partial charge < -0.3 is 10.1 Å². The average molecular weight is 475 g/mol. The molecule has 0 spiro atoms. The van der Waals surface area contributed by atoms with E-state index in [0.717, 1.165) is 28.6 Å². The lowest BCUT2D eigenvalue weighted by Crippen LogP contribution is -2.45. The first-order valence-corrected chi connectivity index (χ1v) is 11.2. The fraction of sp³-hybridized carbons (Fsp3) is 0.400. The number of alkyl halides is 3. The molecule has 1 amide bonds. The van der Waals surface area contributed by atoms with Gasteiger partial charge in [-0.15, -0.1) is 0 Å². The number of hydrogen-bond donors (Lipinski definition) is 1.